The lowest BCUT2D eigenvalue weighted by Gasteiger charge is -2.11. The lowest BCUT2D eigenvalue weighted by Crippen LogP contribution is -2.04. The van der Waals surface area contributed by atoms with Gasteiger partial charge in [0, 0.05) is 4.83 Å². The Hall–Kier alpha value is -0.510. The minimum absolute atomic E-state index is 0.143. The molecule has 0 N–H and O–H groups in total. The first kappa shape index (κ1) is 12.6. The van der Waals surface area contributed by atoms with Crippen LogP contribution in [0.2, 0.25) is 0 Å². The highest BCUT2D eigenvalue weighted by molar-refractivity contribution is 9.09. The molecule has 0 amide bonds. The Morgan fingerprint density at radius 2 is 1.73 bits per heavy atom. The minimum Gasteiger partial charge on any atom is -0.166 e. The SMILES string of the molecule is CCCC(Br)c1ccc(C(F)(F)F)cc1. The zero-order chi connectivity index (χ0) is 11.5. The van der Waals surface area contributed by atoms with Crippen molar-refractivity contribution in [2.45, 2.75) is 30.8 Å². The highest BCUT2D eigenvalue weighted by Crippen LogP contribution is 2.32. The molecule has 1 aromatic rings. The maximum absolute atomic E-state index is 12.3. The van der Waals surface area contributed by atoms with Gasteiger partial charge in [-0.25, -0.2) is 0 Å². The molecule has 0 nitrogen and oxygen atoms in total. The molecule has 0 saturated heterocycles. The van der Waals surface area contributed by atoms with E-state index < -0.39 is 11.7 Å². The summed E-state index contributed by atoms with van der Waals surface area (Å²) in [7, 11) is 0. The molecule has 0 aliphatic rings. The van der Waals surface area contributed by atoms with E-state index in [-0.39, 0.29) is 4.83 Å². The fourth-order valence-corrected chi connectivity index (χ4v) is 2.06. The lowest BCUT2D eigenvalue weighted by atomic mass is 10.1. The van der Waals surface area contributed by atoms with Gasteiger partial charge in [0.25, 0.3) is 0 Å². The maximum atomic E-state index is 12.3. The van der Waals surface area contributed by atoms with E-state index in [9.17, 15) is 13.2 Å². The van der Waals surface area contributed by atoms with Gasteiger partial charge in [-0.2, -0.15) is 13.2 Å². The van der Waals surface area contributed by atoms with E-state index >= 15 is 0 Å². The summed E-state index contributed by atoms with van der Waals surface area (Å²) in [4.78, 5) is 0.143. The van der Waals surface area contributed by atoms with E-state index in [0.29, 0.717) is 0 Å². The highest BCUT2D eigenvalue weighted by Gasteiger charge is 2.30. The average Bonchev–Trinajstić information content (AvgIpc) is 2.17. The van der Waals surface area contributed by atoms with Gasteiger partial charge in [0.1, 0.15) is 0 Å². The standard InChI is InChI=1S/C11H12BrF3/c1-2-3-10(12)8-4-6-9(7-5-8)11(13,14)15/h4-7,10H,2-3H2,1H3. The van der Waals surface area contributed by atoms with E-state index in [1.165, 1.54) is 12.1 Å². The molecule has 0 aromatic heterocycles. The number of alkyl halides is 4. The molecule has 84 valence electrons. The second-order valence-corrected chi connectivity index (χ2v) is 4.48. The topological polar surface area (TPSA) is 0 Å². The van der Waals surface area contributed by atoms with E-state index in [4.69, 9.17) is 0 Å². The highest BCUT2D eigenvalue weighted by atomic mass is 79.9. The van der Waals surface area contributed by atoms with Gasteiger partial charge in [-0.15, -0.1) is 0 Å². The van der Waals surface area contributed by atoms with Crippen LogP contribution in [0.4, 0.5) is 13.2 Å². The van der Waals surface area contributed by atoms with Crippen molar-refractivity contribution in [1.29, 1.82) is 0 Å². The van der Waals surface area contributed by atoms with E-state index in [0.717, 1.165) is 30.5 Å². The minimum atomic E-state index is -4.24. The first-order chi connectivity index (χ1) is 6.95. The summed E-state index contributed by atoms with van der Waals surface area (Å²) in [5.74, 6) is 0. The van der Waals surface area contributed by atoms with Gasteiger partial charge >= 0.3 is 6.18 Å². The molecule has 0 fully saturated rings. The third kappa shape index (κ3) is 3.52. The number of rotatable bonds is 3. The van der Waals surface area contributed by atoms with Gasteiger partial charge in [0.05, 0.1) is 5.56 Å². The molecule has 1 rings (SSSR count). The lowest BCUT2D eigenvalue weighted by molar-refractivity contribution is -0.137. The first-order valence-corrected chi connectivity index (χ1v) is 5.68. The van der Waals surface area contributed by atoms with Crippen LogP contribution in [-0.2, 0) is 6.18 Å². The Kier molecular flexibility index (Phi) is 4.20. The molecule has 15 heavy (non-hydrogen) atoms. The fraction of sp³-hybridized carbons (Fsp3) is 0.455. The largest absolute Gasteiger partial charge is 0.416 e. The second kappa shape index (κ2) is 5.01. The van der Waals surface area contributed by atoms with Crippen molar-refractivity contribution in [2.75, 3.05) is 0 Å². The molecular weight excluding hydrogens is 269 g/mol. The molecule has 0 spiro atoms. The Bertz CT molecular complexity index is 303. The Morgan fingerprint density at radius 3 is 2.13 bits per heavy atom. The van der Waals surface area contributed by atoms with Crippen LogP contribution in [0.1, 0.15) is 35.7 Å². The predicted octanol–water partition coefficient (Wildman–Crippen LogP) is 4.94. The summed E-state index contributed by atoms with van der Waals surface area (Å²) < 4.78 is 36.8. The molecule has 1 atom stereocenters. The summed E-state index contributed by atoms with van der Waals surface area (Å²) in [6.45, 7) is 2.04. The van der Waals surface area contributed by atoms with Crippen molar-refractivity contribution in [3.63, 3.8) is 0 Å². The fourth-order valence-electron chi connectivity index (χ4n) is 1.30. The normalized spacial score (nSPS) is 13.9. The number of benzene rings is 1. The second-order valence-electron chi connectivity index (χ2n) is 3.38. The van der Waals surface area contributed by atoms with Gasteiger partial charge in [-0.05, 0) is 24.1 Å². The number of hydrogen-bond acceptors (Lipinski definition) is 0. The summed E-state index contributed by atoms with van der Waals surface area (Å²) in [6.07, 6.45) is -2.33. The zero-order valence-corrected chi connectivity index (χ0v) is 9.90. The summed E-state index contributed by atoms with van der Waals surface area (Å²) >= 11 is 3.44. The molecule has 0 bridgehead atoms. The maximum Gasteiger partial charge on any atom is 0.416 e. The van der Waals surface area contributed by atoms with Crippen molar-refractivity contribution in [3.8, 4) is 0 Å². The van der Waals surface area contributed by atoms with Crippen molar-refractivity contribution < 1.29 is 13.2 Å². The molecular formula is C11H12BrF3. The molecule has 0 saturated carbocycles. The summed E-state index contributed by atoms with van der Waals surface area (Å²) in [5.41, 5.74) is 0.298. The third-order valence-electron chi connectivity index (χ3n) is 2.14. The predicted molar refractivity (Wildman–Crippen MR) is 58.0 cm³/mol. The molecule has 0 aliphatic carbocycles. The summed E-state index contributed by atoms with van der Waals surface area (Å²) in [6, 6.07) is 5.30. The molecule has 1 aromatic carbocycles. The molecule has 0 aliphatic heterocycles. The van der Waals surface area contributed by atoms with Crippen LogP contribution < -0.4 is 0 Å². The average molecular weight is 281 g/mol. The van der Waals surface area contributed by atoms with Crippen LogP contribution in [0.25, 0.3) is 0 Å². The van der Waals surface area contributed by atoms with Crippen LogP contribution in [0, 0.1) is 0 Å². The summed E-state index contributed by atoms with van der Waals surface area (Å²) in [5, 5.41) is 0. The van der Waals surface area contributed by atoms with Crippen LogP contribution in [0.15, 0.2) is 24.3 Å². The third-order valence-corrected chi connectivity index (χ3v) is 3.13. The van der Waals surface area contributed by atoms with E-state index in [1.54, 1.807) is 0 Å². The number of halogens is 4. The van der Waals surface area contributed by atoms with Crippen molar-refractivity contribution in [3.05, 3.63) is 35.4 Å². The Morgan fingerprint density at radius 1 is 1.20 bits per heavy atom. The Labute approximate surface area is 95.6 Å². The van der Waals surface area contributed by atoms with Gasteiger partial charge in [-0.3, -0.25) is 0 Å². The first-order valence-electron chi connectivity index (χ1n) is 4.76. The van der Waals surface area contributed by atoms with Gasteiger partial charge in [0.2, 0.25) is 0 Å². The van der Waals surface area contributed by atoms with E-state index in [1.807, 2.05) is 6.92 Å². The monoisotopic (exact) mass is 280 g/mol. The molecule has 0 radical (unpaired) electrons. The quantitative estimate of drug-likeness (QED) is 0.688. The van der Waals surface area contributed by atoms with E-state index in [2.05, 4.69) is 15.9 Å². The van der Waals surface area contributed by atoms with Crippen LogP contribution >= 0.6 is 15.9 Å². The van der Waals surface area contributed by atoms with Crippen LogP contribution in [-0.4, -0.2) is 0 Å². The van der Waals surface area contributed by atoms with Gasteiger partial charge in [-0.1, -0.05) is 41.4 Å². The van der Waals surface area contributed by atoms with Crippen LogP contribution in [0.3, 0.4) is 0 Å². The van der Waals surface area contributed by atoms with Crippen molar-refractivity contribution in [1.82, 2.24) is 0 Å². The van der Waals surface area contributed by atoms with Crippen molar-refractivity contribution in [2.24, 2.45) is 0 Å². The Balaban J connectivity index is 2.81. The smallest absolute Gasteiger partial charge is 0.166 e. The molecule has 1 unspecified atom stereocenters. The molecule has 4 heteroatoms. The van der Waals surface area contributed by atoms with Crippen molar-refractivity contribution >= 4 is 15.9 Å². The molecule has 0 heterocycles. The van der Waals surface area contributed by atoms with Gasteiger partial charge in [0.15, 0.2) is 0 Å². The number of hydrogen-bond donors (Lipinski definition) is 0. The van der Waals surface area contributed by atoms with Crippen LogP contribution in [0.5, 0.6) is 0 Å². The van der Waals surface area contributed by atoms with Gasteiger partial charge < -0.3 is 0 Å². The zero-order valence-electron chi connectivity index (χ0n) is 8.31.